The van der Waals surface area contributed by atoms with Crippen LogP contribution in [0.3, 0.4) is 0 Å². The highest BCUT2D eigenvalue weighted by atomic mass is 19.1. The average Bonchev–Trinajstić information content (AvgIpc) is 3.17. The lowest BCUT2D eigenvalue weighted by molar-refractivity contribution is 0.0505. The van der Waals surface area contributed by atoms with Gasteiger partial charge < -0.3 is 14.6 Å². The van der Waals surface area contributed by atoms with E-state index >= 15 is 0 Å². The molecule has 0 spiro atoms. The number of imidazole rings is 1. The number of carbonyl (C=O) groups is 1. The minimum atomic E-state index is -0.552. The molecule has 5 nitrogen and oxygen atoms in total. The van der Waals surface area contributed by atoms with Crippen molar-refractivity contribution in [3.05, 3.63) is 29.8 Å². The van der Waals surface area contributed by atoms with Crippen LogP contribution in [0.5, 0.6) is 0 Å². The monoisotopic (exact) mass is 319 g/mol. The van der Waals surface area contributed by atoms with Crippen LogP contribution in [-0.4, -0.2) is 21.2 Å². The van der Waals surface area contributed by atoms with Crippen LogP contribution < -0.4 is 5.32 Å². The third kappa shape index (κ3) is 3.46. The van der Waals surface area contributed by atoms with Gasteiger partial charge in [0.05, 0.1) is 17.1 Å². The van der Waals surface area contributed by atoms with E-state index in [0.717, 1.165) is 24.2 Å². The fraction of sp³-hybridized carbons (Fsp3) is 0.529. The number of benzene rings is 1. The second-order valence-corrected chi connectivity index (χ2v) is 7.07. The van der Waals surface area contributed by atoms with Gasteiger partial charge in [0.2, 0.25) is 0 Å². The van der Waals surface area contributed by atoms with E-state index in [1.807, 2.05) is 27.7 Å². The molecule has 1 aromatic carbocycles. The molecule has 1 atom stereocenters. The SMILES string of the molecule is C[C@H](NC(=O)OC(C)(C)C)c1nc2cc(F)ccc2n1C1CC1. The van der Waals surface area contributed by atoms with Crippen molar-refractivity contribution in [3.8, 4) is 0 Å². The third-order valence-corrected chi connectivity index (χ3v) is 3.71. The topological polar surface area (TPSA) is 56.1 Å². The molecule has 0 aliphatic heterocycles. The minimum absolute atomic E-state index is 0.308. The van der Waals surface area contributed by atoms with Crippen molar-refractivity contribution in [3.63, 3.8) is 0 Å². The lowest BCUT2D eigenvalue weighted by Gasteiger charge is -2.22. The number of halogens is 1. The highest BCUT2D eigenvalue weighted by Crippen LogP contribution is 2.40. The van der Waals surface area contributed by atoms with Crippen LogP contribution in [0, 0.1) is 5.82 Å². The van der Waals surface area contributed by atoms with Gasteiger partial charge >= 0.3 is 6.09 Å². The van der Waals surface area contributed by atoms with Crippen LogP contribution in [0.15, 0.2) is 18.2 Å². The summed E-state index contributed by atoms with van der Waals surface area (Å²) in [6.45, 7) is 7.32. The summed E-state index contributed by atoms with van der Waals surface area (Å²) in [6, 6.07) is 4.68. The quantitative estimate of drug-likeness (QED) is 0.927. The first kappa shape index (κ1) is 15.8. The maximum absolute atomic E-state index is 13.5. The van der Waals surface area contributed by atoms with Crippen molar-refractivity contribution in [2.75, 3.05) is 0 Å². The zero-order chi connectivity index (χ0) is 16.8. The molecule has 0 saturated heterocycles. The molecule has 1 N–H and O–H groups in total. The Balaban J connectivity index is 1.89. The fourth-order valence-corrected chi connectivity index (χ4v) is 2.66. The Hall–Kier alpha value is -2.11. The van der Waals surface area contributed by atoms with Gasteiger partial charge in [-0.2, -0.15) is 0 Å². The summed E-state index contributed by atoms with van der Waals surface area (Å²) in [5, 5.41) is 2.81. The van der Waals surface area contributed by atoms with Gasteiger partial charge in [0.1, 0.15) is 17.2 Å². The van der Waals surface area contributed by atoms with Gasteiger partial charge in [0.15, 0.2) is 0 Å². The Kier molecular flexibility index (Phi) is 3.78. The Morgan fingerprint density at radius 3 is 2.74 bits per heavy atom. The summed E-state index contributed by atoms with van der Waals surface area (Å²) in [5.41, 5.74) is 0.968. The largest absolute Gasteiger partial charge is 0.444 e. The van der Waals surface area contributed by atoms with E-state index < -0.39 is 11.7 Å². The van der Waals surface area contributed by atoms with Gasteiger partial charge in [0.25, 0.3) is 0 Å². The van der Waals surface area contributed by atoms with E-state index in [4.69, 9.17) is 4.74 Å². The molecule has 1 aliphatic rings. The second kappa shape index (κ2) is 5.51. The lowest BCUT2D eigenvalue weighted by atomic mass is 10.2. The van der Waals surface area contributed by atoms with Gasteiger partial charge in [-0.05, 0) is 52.7 Å². The van der Waals surface area contributed by atoms with Gasteiger partial charge in [-0.15, -0.1) is 0 Å². The number of nitrogens with zero attached hydrogens (tertiary/aromatic N) is 2. The van der Waals surface area contributed by atoms with Crippen molar-refractivity contribution in [1.29, 1.82) is 0 Å². The number of amides is 1. The number of aromatic nitrogens is 2. The van der Waals surface area contributed by atoms with E-state index in [1.54, 1.807) is 6.07 Å². The highest BCUT2D eigenvalue weighted by molar-refractivity contribution is 5.77. The van der Waals surface area contributed by atoms with Crippen molar-refractivity contribution in [2.24, 2.45) is 0 Å². The number of ether oxygens (including phenoxy) is 1. The van der Waals surface area contributed by atoms with E-state index in [-0.39, 0.29) is 11.9 Å². The molecule has 0 unspecified atom stereocenters. The van der Waals surface area contributed by atoms with Crippen molar-refractivity contribution in [1.82, 2.24) is 14.9 Å². The predicted molar refractivity (Wildman–Crippen MR) is 85.7 cm³/mol. The van der Waals surface area contributed by atoms with Gasteiger partial charge in [-0.25, -0.2) is 14.2 Å². The first-order chi connectivity index (χ1) is 10.7. The number of alkyl carbamates (subject to hydrolysis) is 1. The van der Waals surface area contributed by atoms with Gasteiger partial charge in [-0.1, -0.05) is 0 Å². The van der Waals surface area contributed by atoms with Gasteiger partial charge in [-0.3, -0.25) is 0 Å². The smallest absolute Gasteiger partial charge is 0.408 e. The molecule has 23 heavy (non-hydrogen) atoms. The molecule has 1 heterocycles. The first-order valence-corrected chi connectivity index (χ1v) is 7.91. The van der Waals surface area contributed by atoms with E-state index in [9.17, 15) is 9.18 Å². The van der Waals surface area contributed by atoms with Crippen molar-refractivity contribution in [2.45, 2.75) is 58.2 Å². The predicted octanol–water partition coefficient (Wildman–Crippen LogP) is 4.10. The van der Waals surface area contributed by atoms with Gasteiger partial charge in [0, 0.05) is 12.1 Å². The molecule has 1 aliphatic carbocycles. The second-order valence-electron chi connectivity index (χ2n) is 7.07. The Morgan fingerprint density at radius 1 is 1.43 bits per heavy atom. The van der Waals surface area contributed by atoms with Crippen LogP contribution in [-0.2, 0) is 4.74 Å². The maximum atomic E-state index is 13.5. The Bertz CT molecular complexity index is 744. The molecule has 2 aromatic rings. The minimum Gasteiger partial charge on any atom is -0.444 e. The third-order valence-electron chi connectivity index (χ3n) is 3.71. The summed E-state index contributed by atoms with van der Waals surface area (Å²) in [6.07, 6.45) is 1.68. The van der Waals surface area contributed by atoms with Crippen LogP contribution in [0.4, 0.5) is 9.18 Å². The number of nitrogens with one attached hydrogen (secondary N) is 1. The normalized spacial score (nSPS) is 16.4. The average molecular weight is 319 g/mol. The number of fused-ring (bicyclic) bond motifs is 1. The van der Waals surface area contributed by atoms with E-state index in [1.165, 1.54) is 12.1 Å². The van der Waals surface area contributed by atoms with Crippen molar-refractivity contribution < 1.29 is 13.9 Å². The first-order valence-electron chi connectivity index (χ1n) is 7.91. The lowest BCUT2D eigenvalue weighted by Crippen LogP contribution is -2.34. The molecular formula is C17H22FN3O2. The number of hydrogen-bond donors (Lipinski definition) is 1. The summed E-state index contributed by atoms with van der Waals surface area (Å²) in [7, 11) is 0. The summed E-state index contributed by atoms with van der Waals surface area (Å²) in [5.74, 6) is 0.427. The number of rotatable bonds is 3. The maximum Gasteiger partial charge on any atom is 0.408 e. The number of carbonyl (C=O) groups excluding carboxylic acids is 1. The van der Waals surface area contributed by atoms with E-state index in [2.05, 4.69) is 14.9 Å². The highest BCUT2D eigenvalue weighted by Gasteiger charge is 2.31. The number of hydrogen-bond acceptors (Lipinski definition) is 3. The molecule has 0 radical (unpaired) electrons. The zero-order valence-corrected chi connectivity index (χ0v) is 13.9. The summed E-state index contributed by atoms with van der Waals surface area (Å²) in [4.78, 5) is 16.5. The zero-order valence-electron chi connectivity index (χ0n) is 13.9. The molecule has 1 amide bonds. The molecular weight excluding hydrogens is 297 g/mol. The van der Waals surface area contributed by atoms with Crippen molar-refractivity contribution >= 4 is 17.1 Å². The molecule has 124 valence electrons. The Morgan fingerprint density at radius 2 is 2.13 bits per heavy atom. The van der Waals surface area contributed by atoms with E-state index in [0.29, 0.717) is 11.6 Å². The Labute approximate surface area is 134 Å². The van der Waals surface area contributed by atoms with Crippen LogP contribution >= 0.6 is 0 Å². The molecule has 1 saturated carbocycles. The van der Waals surface area contributed by atoms with Crippen LogP contribution in [0.1, 0.15) is 58.4 Å². The van der Waals surface area contributed by atoms with Crippen LogP contribution in [0.2, 0.25) is 0 Å². The molecule has 1 fully saturated rings. The molecule has 6 heteroatoms. The molecule has 0 bridgehead atoms. The van der Waals surface area contributed by atoms with Crippen LogP contribution in [0.25, 0.3) is 11.0 Å². The standard InChI is InChI=1S/C17H22FN3O2/c1-10(19-16(22)23-17(2,3)4)15-20-13-9-11(18)5-8-14(13)21(15)12-6-7-12/h5,8-10,12H,6-7H2,1-4H3,(H,19,22)/t10-/m0/s1. The molecule has 3 rings (SSSR count). The molecule has 1 aromatic heterocycles. The summed E-state index contributed by atoms with van der Waals surface area (Å²) < 4.78 is 20.9. The summed E-state index contributed by atoms with van der Waals surface area (Å²) >= 11 is 0. The fourth-order valence-electron chi connectivity index (χ4n) is 2.66.